The largest absolute Gasteiger partial charge is 0.469 e. The molecule has 176 valence electrons. The number of pyridine rings is 1. The molecule has 0 radical (unpaired) electrons. The normalized spacial score (nSPS) is 16.7. The molecule has 5 rings (SSSR count). The highest BCUT2D eigenvalue weighted by Gasteiger charge is 2.32. The minimum Gasteiger partial charge on any atom is -0.469 e. The summed E-state index contributed by atoms with van der Waals surface area (Å²) in [6, 6.07) is 12.3. The molecular weight excluding hydrogens is 430 g/mol. The van der Waals surface area contributed by atoms with Crippen molar-refractivity contribution in [3.8, 4) is 5.88 Å². The van der Waals surface area contributed by atoms with Crippen molar-refractivity contribution in [1.29, 1.82) is 0 Å². The third-order valence-corrected chi connectivity index (χ3v) is 5.86. The van der Waals surface area contributed by atoms with Crippen LogP contribution in [0.4, 0.5) is 10.6 Å². The maximum Gasteiger partial charge on any atom is 0.410 e. The average molecular weight is 460 g/mol. The molecule has 34 heavy (non-hydrogen) atoms. The van der Waals surface area contributed by atoms with Crippen molar-refractivity contribution in [1.82, 2.24) is 19.9 Å². The number of anilines is 1. The van der Waals surface area contributed by atoms with Gasteiger partial charge in [0.2, 0.25) is 5.88 Å². The predicted octanol–water partition coefficient (Wildman–Crippen LogP) is 4.32. The van der Waals surface area contributed by atoms with E-state index in [1.807, 2.05) is 45.0 Å². The lowest BCUT2D eigenvalue weighted by Crippen LogP contribution is -2.54. The Morgan fingerprint density at radius 1 is 1.06 bits per heavy atom. The zero-order valence-corrected chi connectivity index (χ0v) is 19.8. The van der Waals surface area contributed by atoms with Crippen LogP contribution in [0.15, 0.2) is 54.9 Å². The Morgan fingerprint density at radius 2 is 1.85 bits per heavy atom. The molecule has 8 nitrogen and oxygen atoms in total. The number of para-hydroxylation sites is 1. The van der Waals surface area contributed by atoms with Gasteiger partial charge in [0, 0.05) is 30.9 Å². The number of benzene rings is 1. The Balaban J connectivity index is 1.22. The quantitative estimate of drug-likeness (QED) is 0.575. The van der Waals surface area contributed by atoms with Gasteiger partial charge in [-0.2, -0.15) is 0 Å². The van der Waals surface area contributed by atoms with E-state index in [9.17, 15) is 4.79 Å². The van der Waals surface area contributed by atoms with E-state index < -0.39 is 5.60 Å². The molecule has 2 aromatic heterocycles. The molecule has 0 N–H and O–H groups in total. The summed E-state index contributed by atoms with van der Waals surface area (Å²) in [5, 5.41) is 1.13. The zero-order valence-electron chi connectivity index (χ0n) is 19.8. The van der Waals surface area contributed by atoms with Gasteiger partial charge >= 0.3 is 6.09 Å². The van der Waals surface area contributed by atoms with Crippen molar-refractivity contribution in [2.45, 2.75) is 38.9 Å². The number of rotatable bonds is 4. The molecule has 0 atom stereocenters. The first-order valence-corrected chi connectivity index (χ1v) is 11.6. The van der Waals surface area contributed by atoms with Crippen LogP contribution in [-0.4, -0.2) is 63.8 Å². The number of amides is 1. The molecule has 8 heteroatoms. The highest BCUT2D eigenvalue weighted by Crippen LogP contribution is 2.30. The summed E-state index contributed by atoms with van der Waals surface area (Å²) in [4.78, 5) is 30.0. The van der Waals surface area contributed by atoms with E-state index >= 15 is 0 Å². The fourth-order valence-corrected chi connectivity index (χ4v) is 4.10. The topological polar surface area (TPSA) is 80.7 Å². The third kappa shape index (κ3) is 4.81. The van der Waals surface area contributed by atoms with E-state index in [4.69, 9.17) is 14.5 Å². The average Bonchev–Trinajstić information content (AvgIpc) is 2.80. The van der Waals surface area contributed by atoms with Crippen molar-refractivity contribution in [2.75, 3.05) is 31.1 Å². The second kappa shape index (κ2) is 8.93. The Morgan fingerprint density at radius 3 is 2.62 bits per heavy atom. The standard InChI is InChI=1S/C26H29N5O3/c1-26(2,3)34-25(32)30-14-10-19(11-15-30)23-24(28-13-12-27-23)33-20-16-31(17-20)22-9-8-18-6-4-5-7-21(18)29-22/h4-10,12-13,20H,11,14-17H2,1-3H3. The Bertz CT molecular complexity index is 1230. The third-order valence-electron chi connectivity index (χ3n) is 5.86. The van der Waals surface area contributed by atoms with Crippen molar-refractivity contribution >= 4 is 28.4 Å². The van der Waals surface area contributed by atoms with Crippen LogP contribution in [-0.2, 0) is 4.74 Å². The maximum absolute atomic E-state index is 12.3. The molecule has 0 bridgehead atoms. The lowest BCUT2D eigenvalue weighted by atomic mass is 10.0. The van der Waals surface area contributed by atoms with Gasteiger partial charge in [-0.1, -0.05) is 24.3 Å². The molecule has 0 aliphatic carbocycles. The van der Waals surface area contributed by atoms with Gasteiger partial charge in [-0.05, 0) is 51.0 Å². The van der Waals surface area contributed by atoms with E-state index in [0.717, 1.165) is 41.1 Å². The summed E-state index contributed by atoms with van der Waals surface area (Å²) < 4.78 is 11.7. The van der Waals surface area contributed by atoms with Gasteiger partial charge in [0.1, 0.15) is 23.2 Å². The predicted molar refractivity (Wildman–Crippen MR) is 131 cm³/mol. The molecule has 0 saturated carbocycles. The van der Waals surface area contributed by atoms with Crippen molar-refractivity contribution < 1.29 is 14.3 Å². The number of ether oxygens (including phenoxy) is 2. The molecule has 3 aromatic rings. The molecule has 0 unspecified atom stereocenters. The van der Waals surface area contributed by atoms with E-state index in [1.165, 1.54) is 0 Å². The molecule has 0 spiro atoms. The maximum atomic E-state index is 12.3. The molecule has 1 saturated heterocycles. The highest BCUT2D eigenvalue weighted by atomic mass is 16.6. The molecule has 2 aliphatic rings. The van der Waals surface area contributed by atoms with Gasteiger partial charge in [0.25, 0.3) is 0 Å². The van der Waals surface area contributed by atoms with Crippen LogP contribution in [0.3, 0.4) is 0 Å². The molecular formula is C26H29N5O3. The SMILES string of the molecule is CC(C)(C)OC(=O)N1CC=C(c2nccnc2OC2CN(c3ccc4ccccc4n3)C2)CC1. The number of nitrogens with zero attached hydrogens (tertiary/aromatic N) is 5. The second-order valence-electron chi connectivity index (χ2n) is 9.62. The van der Waals surface area contributed by atoms with E-state index in [0.29, 0.717) is 25.4 Å². The monoisotopic (exact) mass is 459 g/mol. The first kappa shape index (κ1) is 22.1. The first-order chi connectivity index (χ1) is 16.4. The van der Waals surface area contributed by atoms with Gasteiger partial charge in [-0.3, -0.25) is 0 Å². The second-order valence-corrected chi connectivity index (χ2v) is 9.62. The Hall–Kier alpha value is -3.68. The van der Waals surface area contributed by atoms with Crippen molar-refractivity contribution in [3.63, 3.8) is 0 Å². The fourth-order valence-electron chi connectivity index (χ4n) is 4.10. The van der Waals surface area contributed by atoms with Gasteiger partial charge in [0.15, 0.2) is 0 Å². The van der Waals surface area contributed by atoms with Crippen LogP contribution in [0.5, 0.6) is 5.88 Å². The highest BCUT2D eigenvalue weighted by molar-refractivity contribution is 5.80. The smallest absolute Gasteiger partial charge is 0.410 e. The van der Waals surface area contributed by atoms with Crippen LogP contribution < -0.4 is 9.64 Å². The summed E-state index contributed by atoms with van der Waals surface area (Å²) in [5.74, 6) is 1.49. The number of carbonyl (C=O) groups excluding carboxylic acids is 1. The lowest BCUT2D eigenvalue weighted by Gasteiger charge is -2.39. The Labute approximate surface area is 199 Å². The van der Waals surface area contributed by atoms with E-state index in [2.05, 4.69) is 33.1 Å². The zero-order chi connectivity index (χ0) is 23.7. The molecule has 1 fully saturated rings. The number of aromatic nitrogens is 3. The van der Waals surface area contributed by atoms with Crippen LogP contribution >= 0.6 is 0 Å². The molecule has 4 heterocycles. The van der Waals surface area contributed by atoms with Gasteiger partial charge in [-0.25, -0.2) is 19.7 Å². The number of carbonyl (C=O) groups is 1. The van der Waals surface area contributed by atoms with Crippen molar-refractivity contribution in [3.05, 3.63) is 60.6 Å². The van der Waals surface area contributed by atoms with Crippen LogP contribution in [0.1, 0.15) is 32.9 Å². The van der Waals surface area contributed by atoms with Crippen LogP contribution in [0.25, 0.3) is 16.5 Å². The molecule has 1 amide bonds. The number of hydrogen-bond donors (Lipinski definition) is 0. The summed E-state index contributed by atoms with van der Waals surface area (Å²) in [7, 11) is 0. The molecule has 1 aromatic carbocycles. The number of hydrogen-bond acceptors (Lipinski definition) is 7. The van der Waals surface area contributed by atoms with Crippen molar-refractivity contribution in [2.24, 2.45) is 0 Å². The van der Waals surface area contributed by atoms with Crippen LogP contribution in [0.2, 0.25) is 0 Å². The summed E-state index contributed by atoms with van der Waals surface area (Å²) in [6.07, 6.45) is 5.73. The van der Waals surface area contributed by atoms with Crippen LogP contribution in [0, 0.1) is 0 Å². The lowest BCUT2D eigenvalue weighted by molar-refractivity contribution is 0.0270. The summed E-state index contributed by atoms with van der Waals surface area (Å²) >= 11 is 0. The van der Waals surface area contributed by atoms with E-state index in [1.54, 1.807) is 17.3 Å². The van der Waals surface area contributed by atoms with Gasteiger partial charge < -0.3 is 19.3 Å². The fraction of sp³-hybridized carbons (Fsp3) is 0.385. The number of fused-ring (bicyclic) bond motifs is 1. The first-order valence-electron chi connectivity index (χ1n) is 11.6. The minimum absolute atomic E-state index is 0.0196. The van der Waals surface area contributed by atoms with Gasteiger partial charge in [-0.15, -0.1) is 0 Å². The Kier molecular flexibility index (Phi) is 5.81. The minimum atomic E-state index is -0.508. The van der Waals surface area contributed by atoms with E-state index in [-0.39, 0.29) is 12.2 Å². The molecule has 2 aliphatic heterocycles. The summed E-state index contributed by atoms with van der Waals surface area (Å²) in [5.41, 5.74) is 2.26. The summed E-state index contributed by atoms with van der Waals surface area (Å²) in [6.45, 7) is 8.15. The van der Waals surface area contributed by atoms with Gasteiger partial charge in [0.05, 0.1) is 18.6 Å².